The summed E-state index contributed by atoms with van der Waals surface area (Å²) in [6.07, 6.45) is 0. The van der Waals surface area contributed by atoms with Crippen LogP contribution in [0, 0.1) is 0 Å². The molecule has 0 amide bonds. The zero-order valence-electron chi connectivity index (χ0n) is 26.3. The summed E-state index contributed by atoms with van der Waals surface area (Å²) in [6, 6.07) is 56.9. The summed E-state index contributed by atoms with van der Waals surface area (Å²) in [5.74, 6) is 1.79. The molecule has 0 spiro atoms. The van der Waals surface area contributed by atoms with E-state index in [4.69, 9.17) is 19.4 Å². The van der Waals surface area contributed by atoms with Crippen molar-refractivity contribution in [1.82, 2.24) is 15.0 Å². The van der Waals surface area contributed by atoms with Gasteiger partial charge in [-0.2, -0.15) is 0 Å². The van der Waals surface area contributed by atoms with E-state index in [0.717, 1.165) is 60.5 Å². The molecule has 8 aromatic carbocycles. The molecule has 0 aliphatic rings. The smallest absolute Gasteiger partial charge is 0.167 e. The van der Waals surface area contributed by atoms with Gasteiger partial charge in [-0.15, -0.1) is 0 Å². The number of rotatable bonds is 4. The summed E-state index contributed by atoms with van der Waals surface area (Å²) in [5.41, 5.74) is 6.49. The summed E-state index contributed by atoms with van der Waals surface area (Å²) in [4.78, 5) is 15.3. The molecule has 0 aliphatic heterocycles. The molecule has 10 aromatic rings. The highest BCUT2D eigenvalue weighted by Crippen LogP contribution is 2.43. The molecule has 0 N–H and O–H groups in total. The van der Waals surface area contributed by atoms with E-state index in [-0.39, 0.29) is 0 Å². The van der Waals surface area contributed by atoms with Gasteiger partial charge in [-0.05, 0) is 67.7 Å². The number of furan rings is 1. The van der Waals surface area contributed by atoms with Crippen molar-refractivity contribution in [1.29, 1.82) is 0 Å². The third-order valence-corrected chi connectivity index (χ3v) is 9.48. The molecule has 0 saturated heterocycles. The Morgan fingerprint density at radius 1 is 0.347 bits per heavy atom. The van der Waals surface area contributed by atoms with Gasteiger partial charge in [0.05, 0.1) is 5.56 Å². The largest absolute Gasteiger partial charge is 0.455 e. The lowest BCUT2D eigenvalue weighted by Crippen LogP contribution is -2.00. The maximum atomic E-state index is 6.80. The topological polar surface area (TPSA) is 51.8 Å². The van der Waals surface area contributed by atoms with Crippen LogP contribution in [0.3, 0.4) is 0 Å². The first kappa shape index (κ1) is 27.5. The number of fused-ring (bicyclic) bond motifs is 7. The summed E-state index contributed by atoms with van der Waals surface area (Å²) < 4.78 is 6.80. The highest BCUT2D eigenvalue weighted by Gasteiger charge is 2.21. The SMILES string of the molecule is c1ccc(-c2nc(-c3ccc4c(ccc5ccccc54)c3)nc(-c3ccc(-c4ccccc4)c4c3oc3cc5ccccc5cc34)n2)cc1. The molecule has 0 fully saturated rings. The van der Waals surface area contributed by atoms with Gasteiger partial charge in [0, 0.05) is 21.9 Å². The predicted molar refractivity (Wildman–Crippen MR) is 201 cm³/mol. The third kappa shape index (κ3) is 4.57. The maximum absolute atomic E-state index is 6.80. The third-order valence-electron chi connectivity index (χ3n) is 9.48. The molecule has 49 heavy (non-hydrogen) atoms. The molecule has 4 heteroatoms. The first-order valence-corrected chi connectivity index (χ1v) is 16.4. The fourth-order valence-electron chi connectivity index (χ4n) is 7.09. The van der Waals surface area contributed by atoms with Crippen molar-refractivity contribution in [2.75, 3.05) is 0 Å². The molecule has 228 valence electrons. The Kier molecular flexibility index (Phi) is 6.15. The summed E-state index contributed by atoms with van der Waals surface area (Å²) in [7, 11) is 0. The van der Waals surface area contributed by atoms with Crippen molar-refractivity contribution in [2.45, 2.75) is 0 Å². The van der Waals surface area contributed by atoms with Crippen LogP contribution in [-0.4, -0.2) is 15.0 Å². The molecule has 2 heterocycles. The van der Waals surface area contributed by atoms with E-state index in [1.165, 1.54) is 21.5 Å². The minimum atomic E-state index is 0.565. The molecule has 4 nitrogen and oxygen atoms in total. The second kappa shape index (κ2) is 11.0. The number of nitrogens with zero attached hydrogens (tertiary/aromatic N) is 3. The first-order valence-electron chi connectivity index (χ1n) is 16.4. The monoisotopic (exact) mass is 625 g/mol. The number of benzene rings is 8. The fourth-order valence-corrected chi connectivity index (χ4v) is 7.09. The van der Waals surface area contributed by atoms with Crippen molar-refractivity contribution < 1.29 is 4.42 Å². The predicted octanol–water partition coefficient (Wildman–Crippen LogP) is 11.9. The van der Waals surface area contributed by atoms with Crippen molar-refractivity contribution in [3.63, 3.8) is 0 Å². The van der Waals surface area contributed by atoms with Crippen LogP contribution in [0.15, 0.2) is 168 Å². The standard InChI is InChI=1S/C45H27N3O/c1-3-11-28(12-4-1)37-23-24-38(42-41(37)39-26-31-16-7-8-17-32(31)27-40(39)49-42)45-47-43(30-14-5-2-6-15-30)46-44(48-45)34-21-22-36-33(25-34)20-19-29-13-9-10-18-35(29)36/h1-27H. The summed E-state index contributed by atoms with van der Waals surface area (Å²) in [6.45, 7) is 0. The number of aromatic nitrogens is 3. The molecule has 10 rings (SSSR count). The van der Waals surface area contributed by atoms with Gasteiger partial charge in [0.25, 0.3) is 0 Å². The van der Waals surface area contributed by atoms with Crippen molar-refractivity contribution in [3.8, 4) is 45.3 Å². The van der Waals surface area contributed by atoms with E-state index in [1.54, 1.807) is 0 Å². The second-order valence-corrected chi connectivity index (χ2v) is 12.4. The van der Waals surface area contributed by atoms with Gasteiger partial charge in [-0.1, -0.05) is 140 Å². The highest BCUT2D eigenvalue weighted by molar-refractivity contribution is 6.18. The van der Waals surface area contributed by atoms with Gasteiger partial charge < -0.3 is 4.42 Å². The van der Waals surface area contributed by atoms with Crippen molar-refractivity contribution in [3.05, 3.63) is 164 Å². The Labute approximate surface area is 282 Å². The van der Waals surface area contributed by atoms with Gasteiger partial charge in [0.1, 0.15) is 11.2 Å². The fraction of sp³-hybridized carbons (Fsp3) is 0. The lowest BCUT2D eigenvalue weighted by Gasteiger charge is -2.11. The molecular weight excluding hydrogens is 599 g/mol. The van der Waals surface area contributed by atoms with Crippen LogP contribution in [0.2, 0.25) is 0 Å². The molecule has 0 saturated carbocycles. The molecule has 0 bridgehead atoms. The van der Waals surface area contributed by atoms with Crippen LogP contribution < -0.4 is 0 Å². The quantitative estimate of drug-likeness (QED) is 0.183. The number of hydrogen-bond acceptors (Lipinski definition) is 4. The maximum Gasteiger partial charge on any atom is 0.167 e. The highest BCUT2D eigenvalue weighted by atomic mass is 16.3. The molecular formula is C45H27N3O. The lowest BCUT2D eigenvalue weighted by molar-refractivity contribution is 0.670. The van der Waals surface area contributed by atoms with Crippen molar-refractivity contribution in [2.24, 2.45) is 0 Å². The van der Waals surface area contributed by atoms with Crippen LogP contribution in [0.5, 0.6) is 0 Å². The minimum Gasteiger partial charge on any atom is -0.455 e. The van der Waals surface area contributed by atoms with Crippen LogP contribution in [-0.2, 0) is 0 Å². The van der Waals surface area contributed by atoms with E-state index in [2.05, 4.69) is 127 Å². The van der Waals surface area contributed by atoms with Crippen LogP contribution >= 0.6 is 0 Å². The Balaban J connectivity index is 1.24. The van der Waals surface area contributed by atoms with Gasteiger partial charge in [0.2, 0.25) is 0 Å². The van der Waals surface area contributed by atoms with E-state index in [0.29, 0.717) is 17.5 Å². The first-order chi connectivity index (χ1) is 24.3. The summed E-state index contributed by atoms with van der Waals surface area (Å²) >= 11 is 0. The molecule has 2 aromatic heterocycles. The molecule has 0 radical (unpaired) electrons. The van der Waals surface area contributed by atoms with Gasteiger partial charge in [-0.25, -0.2) is 15.0 Å². The molecule has 0 unspecified atom stereocenters. The molecule has 0 atom stereocenters. The van der Waals surface area contributed by atoms with Crippen LogP contribution in [0.4, 0.5) is 0 Å². The van der Waals surface area contributed by atoms with E-state index >= 15 is 0 Å². The van der Waals surface area contributed by atoms with Gasteiger partial charge in [-0.3, -0.25) is 0 Å². The Morgan fingerprint density at radius 3 is 1.73 bits per heavy atom. The van der Waals surface area contributed by atoms with E-state index in [1.807, 2.05) is 36.4 Å². The summed E-state index contributed by atoms with van der Waals surface area (Å²) in [5, 5.41) is 9.20. The van der Waals surface area contributed by atoms with E-state index in [9.17, 15) is 0 Å². The zero-order valence-corrected chi connectivity index (χ0v) is 26.3. The number of hydrogen-bond donors (Lipinski definition) is 0. The average molecular weight is 626 g/mol. The molecule has 0 aliphatic carbocycles. The van der Waals surface area contributed by atoms with Gasteiger partial charge >= 0.3 is 0 Å². The Morgan fingerprint density at radius 2 is 0.939 bits per heavy atom. The zero-order chi connectivity index (χ0) is 32.3. The van der Waals surface area contributed by atoms with E-state index < -0.39 is 0 Å². The minimum absolute atomic E-state index is 0.565. The van der Waals surface area contributed by atoms with Gasteiger partial charge in [0.15, 0.2) is 17.5 Å². The van der Waals surface area contributed by atoms with Crippen molar-refractivity contribution >= 4 is 54.3 Å². The normalized spacial score (nSPS) is 11.7. The second-order valence-electron chi connectivity index (χ2n) is 12.4. The van der Waals surface area contributed by atoms with Crippen LogP contribution in [0.1, 0.15) is 0 Å². The van der Waals surface area contributed by atoms with Crippen LogP contribution in [0.25, 0.3) is 99.5 Å². The lowest BCUT2D eigenvalue weighted by atomic mass is 9.96. The Bertz CT molecular complexity index is 2880. The average Bonchev–Trinajstić information content (AvgIpc) is 3.55. The Hall–Kier alpha value is -6.65.